The minimum absolute atomic E-state index is 0.399. The minimum Gasteiger partial charge on any atom is -0.500 e. The van der Waals surface area contributed by atoms with E-state index in [0.29, 0.717) is 6.08 Å². The van der Waals surface area contributed by atoms with Crippen LogP contribution in [-0.4, -0.2) is 32.1 Å². The summed E-state index contributed by atoms with van der Waals surface area (Å²) in [6.07, 6.45) is -5.27. The summed E-state index contributed by atoms with van der Waals surface area (Å²) in [6, 6.07) is 0. The SMILES string of the molecule is COC(=O)/C=C(/CC(=O)C(F)(F)F)OC. The number of hydrogen-bond acceptors (Lipinski definition) is 4. The van der Waals surface area contributed by atoms with Gasteiger partial charge in [0.25, 0.3) is 0 Å². The molecule has 0 fully saturated rings. The van der Waals surface area contributed by atoms with E-state index in [0.717, 1.165) is 14.2 Å². The Bertz CT molecular complexity index is 280. The molecule has 0 amide bonds. The summed E-state index contributed by atoms with van der Waals surface area (Å²) in [7, 11) is 2.11. The van der Waals surface area contributed by atoms with E-state index in [-0.39, 0.29) is 0 Å². The molecule has 0 rings (SSSR count). The van der Waals surface area contributed by atoms with Crippen LogP contribution in [0.5, 0.6) is 0 Å². The number of rotatable bonds is 4. The molecule has 0 aliphatic heterocycles. The average Bonchev–Trinajstić information content (AvgIpc) is 2.14. The standard InChI is InChI=1S/C8H9F3O4/c1-14-5(4-7(13)15-2)3-6(12)8(9,10)11/h4H,3H2,1-2H3/b5-4-. The summed E-state index contributed by atoms with van der Waals surface area (Å²) in [4.78, 5) is 21.1. The molecule has 0 atom stereocenters. The van der Waals surface area contributed by atoms with Crippen LogP contribution in [0, 0.1) is 0 Å². The van der Waals surface area contributed by atoms with E-state index in [2.05, 4.69) is 9.47 Å². The Morgan fingerprint density at radius 2 is 1.73 bits per heavy atom. The van der Waals surface area contributed by atoms with Gasteiger partial charge >= 0.3 is 12.1 Å². The van der Waals surface area contributed by atoms with Crippen molar-refractivity contribution in [3.05, 3.63) is 11.8 Å². The van der Waals surface area contributed by atoms with Crippen molar-refractivity contribution in [2.45, 2.75) is 12.6 Å². The first-order chi connectivity index (χ1) is 6.81. The maximum Gasteiger partial charge on any atom is 0.450 e. The van der Waals surface area contributed by atoms with E-state index in [1.54, 1.807) is 0 Å². The normalized spacial score (nSPS) is 12.2. The summed E-state index contributed by atoms with van der Waals surface area (Å²) in [5.74, 6) is -3.27. The third kappa shape index (κ3) is 5.04. The van der Waals surface area contributed by atoms with Gasteiger partial charge in [-0.3, -0.25) is 4.79 Å². The van der Waals surface area contributed by atoms with Gasteiger partial charge in [-0.25, -0.2) is 4.79 Å². The Morgan fingerprint density at radius 3 is 2.07 bits per heavy atom. The number of carbonyl (C=O) groups is 2. The van der Waals surface area contributed by atoms with E-state index < -0.39 is 30.1 Å². The Balaban J connectivity index is 4.54. The first kappa shape index (κ1) is 13.5. The van der Waals surface area contributed by atoms with Crippen molar-refractivity contribution in [3.8, 4) is 0 Å². The second-order valence-electron chi connectivity index (χ2n) is 2.44. The topological polar surface area (TPSA) is 52.6 Å². The van der Waals surface area contributed by atoms with Crippen LogP contribution < -0.4 is 0 Å². The number of esters is 1. The molecule has 0 saturated heterocycles. The zero-order valence-corrected chi connectivity index (χ0v) is 8.05. The quantitative estimate of drug-likeness (QED) is 0.410. The number of ketones is 1. The van der Waals surface area contributed by atoms with Crippen LogP contribution >= 0.6 is 0 Å². The van der Waals surface area contributed by atoms with E-state index in [9.17, 15) is 22.8 Å². The van der Waals surface area contributed by atoms with Crippen molar-refractivity contribution in [2.75, 3.05) is 14.2 Å². The summed E-state index contributed by atoms with van der Waals surface area (Å²) in [5, 5.41) is 0. The smallest absolute Gasteiger partial charge is 0.450 e. The molecular formula is C8H9F3O4. The van der Waals surface area contributed by atoms with Crippen LogP contribution in [0.3, 0.4) is 0 Å². The maximum absolute atomic E-state index is 11.8. The second-order valence-corrected chi connectivity index (χ2v) is 2.44. The lowest BCUT2D eigenvalue weighted by atomic mass is 10.2. The predicted molar refractivity (Wildman–Crippen MR) is 42.8 cm³/mol. The average molecular weight is 226 g/mol. The van der Waals surface area contributed by atoms with Crippen molar-refractivity contribution in [2.24, 2.45) is 0 Å². The maximum atomic E-state index is 11.8. The van der Waals surface area contributed by atoms with Gasteiger partial charge in [-0.15, -0.1) is 0 Å². The molecule has 7 heteroatoms. The van der Waals surface area contributed by atoms with Gasteiger partial charge < -0.3 is 9.47 Å². The highest BCUT2D eigenvalue weighted by Gasteiger charge is 2.38. The summed E-state index contributed by atoms with van der Waals surface area (Å²) >= 11 is 0. The lowest BCUT2D eigenvalue weighted by Crippen LogP contribution is -2.23. The number of hydrogen-bond donors (Lipinski definition) is 0. The summed E-state index contributed by atoms with van der Waals surface area (Å²) in [5.41, 5.74) is 0. The highest BCUT2D eigenvalue weighted by molar-refractivity contribution is 5.88. The number of alkyl halides is 3. The Morgan fingerprint density at radius 1 is 1.20 bits per heavy atom. The van der Waals surface area contributed by atoms with Gasteiger partial charge in [0.15, 0.2) is 0 Å². The van der Waals surface area contributed by atoms with E-state index >= 15 is 0 Å². The highest BCUT2D eigenvalue weighted by atomic mass is 19.4. The molecule has 0 radical (unpaired) electrons. The molecule has 0 aromatic heterocycles. The van der Waals surface area contributed by atoms with Crippen LogP contribution in [0.4, 0.5) is 13.2 Å². The first-order valence-electron chi connectivity index (χ1n) is 3.73. The zero-order valence-electron chi connectivity index (χ0n) is 8.05. The number of ether oxygens (including phenoxy) is 2. The fourth-order valence-electron chi connectivity index (χ4n) is 0.631. The van der Waals surface area contributed by atoms with Crippen LogP contribution in [0.15, 0.2) is 11.8 Å². The molecule has 0 aliphatic carbocycles. The Kier molecular flexibility index (Phi) is 4.83. The number of Topliss-reactive ketones (excluding diaryl/α,β-unsaturated/α-hetero) is 1. The van der Waals surface area contributed by atoms with Gasteiger partial charge in [0.2, 0.25) is 5.78 Å². The predicted octanol–water partition coefficient (Wildman–Crippen LogP) is 1.21. The van der Waals surface area contributed by atoms with Crippen molar-refractivity contribution in [3.63, 3.8) is 0 Å². The van der Waals surface area contributed by atoms with Gasteiger partial charge in [-0.05, 0) is 0 Å². The Hall–Kier alpha value is -1.53. The summed E-state index contributed by atoms with van der Waals surface area (Å²) in [6.45, 7) is 0. The molecule has 15 heavy (non-hydrogen) atoms. The molecule has 0 aliphatic rings. The van der Waals surface area contributed by atoms with Crippen LogP contribution in [0.2, 0.25) is 0 Å². The number of carbonyl (C=O) groups excluding carboxylic acids is 2. The zero-order chi connectivity index (χ0) is 12.1. The second kappa shape index (κ2) is 5.38. The van der Waals surface area contributed by atoms with Gasteiger partial charge in [-0.2, -0.15) is 13.2 Å². The van der Waals surface area contributed by atoms with E-state index in [1.165, 1.54) is 0 Å². The van der Waals surface area contributed by atoms with Gasteiger partial charge in [-0.1, -0.05) is 0 Å². The third-order valence-corrected chi connectivity index (χ3v) is 1.39. The highest BCUT2D eigenvalue weighted by Crippen LogP contribution is 2.20. The van der Waals surface area contributed by atoms with Crippen molar-refractivity contribution < 1.29 is 32.2 Å². The largest absolute Gasteiger partial charge is 0.500 e. The van der Waals surface area contributed by atoms with Gasteiger partial charge in [0.1, 0.15) is 5.76 Å². The third-order valence-electron chi connectivity index (χ3n) is 1.39. The molecule has 0 bridgehead atoms. The van der Waals surface area contributed by atoms with Gasteiger partial charge in [0, 0.05) is 0 Å². The molecule has 0 spiro atoms. The lowest BCUT2D eigenvalue weighted by Gasteiger charge is -2.07. The van der Waals surface area contributed by atoms with Crippen molar-refractivity contribution >= 4 is 11.8 Å². The molecule has 86 valence electrons. The molecule has 4 nitrogen and oxygen atoms in total. The van der Waals surface area contributed by atoms with Crippen LogP contribution in [0.1, 0.15) is 6.42 Å². The summed E-state index contributed by atoms with van der Waals surface area (Å²) < 4.78 is 44.0. The fraction of sp³-hybridized carbons (Fsp3) is 0.500. The number of methoxy groups -OCH3 is 2. The van der Waals surface area contributed by atoms with Crippen molar-refractivity contribution in [1.29, 1.82) is 0 Å². The molecule has 0 unspecified atom stereocenters. The first-order valence-corrected chi connectivity index (χ1v) is 3.73. The molecule has 0 saturated carbocycles. The number of allylic oxidation sites excluding steroid dienone is 1. The lowest BCUT2D eigenvalue weighted by molar-refractivity contribution is -0.170. The molecular weight excluding hydrogens is 217 g/mol. The molecule has 0 heterocycles. The van der Waals surface area contributed by atoms with Crippen LogP contribution in [0.25, 0.3) is 0 Å². The molecule has 0 aromatic rings. The number of halogens is 3. The minimum atomic E-state index is -4.94. The molecule has 0 N–H and O–H groups in total. The van der Waals surface area contributed by atoms with E-state index in [4.69, 9.17) is 0 Å². The van der Waals surface area contributed by atoms with Crippen LogP contribution in [-0.2, 0) is 19.1 Å². The Labute approximate surface area is 83.7 Å². The van der Waals surface area contributed by atoms with E-state index in [1.807, 2.05) is 0 Å². The van der Waals surface area contributed by atoms with Crippen molar-refractivity contribution in [1.82, 2.24) is 0 Å². The fourth-order valence-corrected chi connectivity index (χ4v) is 0.631. The molecule has 0 aromatic carbocycles. The van der Waals surface area contributed by atoms with Gasteiger partial charge in [0.05, 0.1) is 26.7 Å². The monoisotopic (exact) mass is 226 g/mol.